The number of rotatable bonds is 0. The van der Waals surface area contributed by atoms with Gasteiger partial charge in [-0.15, -0.1) is 23.1 Å². The van der Waals surface area contributed by atoms with E-state index in [4.69, 9.17) is 4.74 Å². The molecule has 0 N–H and O–H groups in total. The van der Waals surface area contributed by atoms with Crippen molar-refractivity contribution >= 4 is 23.1 Å². The van der Waals surface area contributed by atoms with E-state index in [2.05, 4.69) is 11.1 Å². The summed E-state index contributed by atoms with van der Waals surface area (Å²) in [6, 6.07) is 8.14. The Kier molecular flexibility index (Phi) is 2.32. The topological polar surface area (TPSA) is 45.2 Å². The maximum Gasteiger partial charge on any atom is 0.123 e. The second kappa shape index (κ2) is 3.90. The molecule has 0 unspecified atom stereocenters. The number of thioether (sulfide) groups is 1. The van der Waals surface area contributed by atoms with E-state index in [1.807, 2.05) is 18.2 Å². The van der Waals surface area contributed by atoms with Crippen LogP contribution in [0.15, 0.2) is 29.3 Å². The van der Waals surface area contributed by atoms with E-state index in [1.54, 1.807) is 11.8 Å². The zero-order valence-electron chi connectivity index (χ0n) is 9.46. The number of thiazole rings is 1. The van der Waals surface area contributed by atoms with Crippen LogP contribution < -0.4 is 9.84 Å². The van der Waals surface area contributed by atoms with E-state index in [9.17, 15) is 5.11 Å². The summed E-state index contributed by atoms with van der Waals surface area (Å²) < 4.78 is 5.81. The molecule has 2 atom stereocenters. The molecule has 0 saturated carbocycles. The van der Waals surface area contributed by atoms with E-state index in [0.29, 0.717) is 11.8 Å². The summed E-state index contributed by atoms with van der Waals surface area (Å²) in [6.45, 7) is 0.736. The minimum absolute atomic E-state index is 0.0721. The van der Waals surface area contributed by atoms with E-state index >= 15 is 0 Å². The molecule has 3 nitrogen and oxygen atoms in total. The standard InChI is InChI=1S/C13H11NO2S2/c15-13-14-12-11(18-13)10-7(6-17-12)5-16-9-4-2-1-3-8(9)10/h1-4,7,10H,5-6H2,(H,14,15)/p-1/t7-,10+/m0/s1. The molecule has 4 rings (SSSR count). The lowest BCUT2D eigenvalue weighted by molar-refractivity contribution is -0.268. The third kappa shape index (κ3) is 1.47. The second-order valence-electron chi connectivity index (χ2n) is 4.55. The van der Waals surface area contributed by atoms with Crippen LogP contribution in [0.3, 0.4) is 0 Å². The van der Waals surface area contributed by atoms with E-state index < -0.39 is 0 Å². The predicted molar refractivity (Wildman–Crippen MR) is 69.6 cm³/mol. The highest BCUT2D eigenvalue weighted by molar-refractivity contribution is 7.99. The van der Waals surface area contributed by atoms with Crippen LogP contribution in [0.2, 0.25) is 0 Å². The average Bonchev–Trinajstić information content (AvgIpc) is 2.78. The highest BCUT2D eigenvalue weighted by Crippen LogP contribution is 2.51. The fraction of sp³-hybridized carbons (Fsp3) is 0.308. The van der Waals surface area contributed by atoms with Gasteiger partial charge in [-0.2, -0.15) is 0 Å². The molecule has 92 valence electrons. The van der Waals surface area contributed by atoms with E-state index in [0.717, 1.165) is 28.0 Å². The SMILES string of the molecule is [O-]c1nc2c(s1)[C@H]1c3ccccc3OC[C@H]1CS2. The van der Waals surface area contributed by atoms with Crippen LogP contribution in [0.1, 0.15) is 16.4 Å². The molecule has 0 spiro atoms. The molecule has 2 aliphatic heterocycles. The second-order valence-corrected chi connectivity index (χ2v) is 6.55. The van der Waals surface area contributed by atoms with Gasteiger partial charge in [0, 0.05) is 33.2 Å². The zero-order valence-corrected chi connectivity index (χ0v) is 11.1. The minimum atomic E-state index is -0.0721. The molecule has 0 saturated heterocycles. The molecule has 0 aliphatic carbocycles. The average molecular weight is 276 g/mol. The van der Waals surface area contributed by atoms with Gasteiger partial charge in [-0.25, -0.2) is 4.98 Å². The van der Waals surface area contributed by atoms with Crippen molar-refractivity contribution in [2.24, 2.45) is 5.92 Å². The van der Waals surface area contributed by atoms with Gasteiger partial charge in [-0.1, -0.05) is 18.2 Å². The number of hydrogen-bond acceptors (Lipinski definition) is 5. The maximum absolute atomic E-state index is 11.5. The van der Waals surface area contributed by atoms with Crippen LogP contribution in [0.25, 0.3) is 0 Å². The Balaban J connectivity index is 1.91. The largest absolute Gasteiger partial charge is 0.851 e. The predicted octanol–water partition coefficient (Wildman–Crippen LogP) is 2.46. The van der Waals surface area contributed by atoms with Gasteiger partial charge in [0.05, 0.1) is 6.61 Å². The van der Waals surface area contributed by atoms with Gasteiger partial charge in [-0.05, 0) is 6.07 Å². The van der Waals surface area contributed by atoms with Gasteiger partial charge in [0.25, 0.3) is 0 Å². The third-order valence-corrected chi connectivity index (χ3v) is 5.74. The summed E-state index contributed by atoms with van der Waals surface area (Å²) in [4.78, 5) is 5.24. The Morgan fingerprint density at radius 1 is 1.33 bits per heavy atom. The first-order valence-electron chi connectivity index (χ1n) is 5.85. The lowest BCUT2D eigenvalue weighted by Crippen LogP contribution is -2.30. The maximum atomic E-state index is 11.5. The zero-order chi connectivity index (χ0) is 12.1. The van der Waals surface area contributed by atoms with Gasteiger partial charge < -0.3 is 9.84 Å². The number of hydrogen-bond donors (Lipinski definition) is 0. The Bertz CT molecular complexity index is 611. The molecule has 0 bridgehead atoms. The fourth-order valence-corrected chi connectivity index (χ4v) is 5.04. The quantitative estimate of drug-likeness (QED) is 0.741. The summed E-state index contributed by atoms with van der Waals surface area (Å²) in [5.74, 6) is 2.69. The lowest BCUT2D eigenvalue weighted by Gasteiger charge is -2.35. The summed E-state index contributed by atoms with van der Waals surface area (Å²) in [5.41, 5.74) is 1.21. The Morgan fingerprint density at radius 2 is 2.22 bits per heavy atom. The van der Waals surface area contributed by atoms with Gasteiger partial charge in [-0.3, -0.25) is 0 Å². The third-order valence-electron chi connectivity index (χ3n) is 3.50. The number of nitrogens with zero attached hydrogens (tertiary/aromatic N) is 1. The lowest BCUT2D eigenvalue weighted by atomic mass is 9.84. The van der Waals surface area contributed by atoms with E-state index in [1.165, 1.54) is 16.9 Å². The first kappa shape index (κ1) is 10.7. The van der Waals surface area contributed by atoms with Gasteiger partial charge >= 0.3 is 0 Å². The molecular weight excluding hydrogens is 266 g/mol. The minimum Gasteiger partial charge on any atom is -0.851 e. The molecule has 2 aromatic rings. The van der Waals surface area contributed by atoms with Crippen LogP contribution in [0.5, 0.6) is 10.9 Å². The number of para-hydroxylation sites is 1. The fourth-order valence-electron chi connectivity index (χ4n) is 2.70. The monoisotopic (exact) mass is 276 g/mol. The number of aromatic nitrogens is 1. The first-order chi connectivity index (χ1) is 8.83. The molecule has 0 radical (unpaired) electrons. The van der Waals surface area contributed by atoms with Gasteiger partial charge in [0.15, 0.2) is 0 Å². The molecule has 0 fully saturated rings. The number of benzene rings is 1. The highest BCUT2D eigenvalue weighted by atomic mass is 32.2. The summed E-state index contributed by atoms with van der Waals surface area (Å²) >= 11 is 2.99. The van der Waals surface area contributed by atoms with Crippen LogP contribution in [-0.4, -0.2) is 17.3 Å². The highest BCUT2D eigenvalue weighted by Gasteiger charge is 2.38. The van der Waals surface area contributed by atoms with E-state index in [-0.39, 0.29) is 5.19 Å². The molecule has 3 heterocycles. The van der Waals surface area contributed by atoms with Gasteiger partial charge in [0.2, 0.25) is 0 Å². The van der Waals surface area contributed by atoms with Gasteiger partial charge in [0.1, 0.15) is 10.8 Å². The summed E-state index contributed by atoms with van der Waals surface area (Å²) in [7, 11) is 0. The molecule has 1 aromatic carbocycles. The molecule has 5 heteroatoms. The Labute approximate surface area is 113 Å². The molecule has 18 heavy (non-hydrogen) atoms. The molecular formula is C13H10NO2S2-. The van der Waals surface area contributed by atoms with Crippen molar-refractivity contribution in [1.82, 2.24) is 4.98 Å². The molecule has 0 amide bonds. The van der Waals surface area contributed by atoms with Crippen LogP contribution in [0, 0.1) is 5.92 Å². The van der Waals surface area contributed by atoms with Crippen LogP contribution in [0.4, 0.5) is 0 Å². The first-order valence-corrected chi connectivity index (χ1v) is 7.65. The van der Waals surface area contributed by atoms with Crippen molar-refractivity contribution in [1.29, 1.82) is 0 Å². The molecule has 1 aromatic heterocycles. The summed E-state index contributed by atoms with van der Waals surface area (Å²) in [5, 5.41) is 12.4. The summed E-state index contributed by atoms with van der Waals surface area (Å²) in [6.07, 6.45) is 0. The number of fused-ring (bicyclic) bond motifs is 5. The molecule has 2 aliphatic rings. The Hall–Kier alpha value is -1.20. The van der Waals surface area contributed by atoms with Crippen LogP contribution in [-0.2, 0) is 0 Å². The van der Waals surface area contributed by atoms with Crippen molar-refractivity contribution in [2.45, 2.75) is 10.9 Å². The van der Waals surface area contributed by atoms with Crippen molar-refractivity contribution < 1.29 is 9.84 Å². The number of ether oxygens (including phenoxy) is 1. The normalized spacial score (nSPS) is 24.7. The van der Waals surface area contributed by atoms with Crippen LogP contribution >= 0.6 is 23.1 Å². The van der Waals surface area contributed by atoms with Crippen molar-refractivity contribution in [3.8, 4) is 10.9 Å². The van der Waals surface area contributed by atoms with Crippen molar-refractivity contribution in [3.05, 3.63) is 34.7 Å². The van der Waals surface area contributed by atoms with Crippen molar-refractivity contribution in [3.63, 3.8) is 0 Å². The Morgan fingerprint density at radius 3 is 3.17 bits per heavy atom. The smallest absolute Gasteiger partial charge is 0.123 e. The van der Waals surface area contributed by atoms with Crippen molar-refractivity contribution in [2.75, 3.05) is 12.4 Å².